The summed E-state index contributed by atoms with van der Waals surface area (Å²) in [6.45, 7) is 0.614. The average molecular weight is 388 g/mol. The van der Waals surface area contributed by atoms with Crippen LogP contribution in [-0.2, 0) is 6.42 Å². The average Bonchev–Trinajstić information content (AvgIpc) is 3.32. The molecule has 3 aromatic rings. The third-order valence-electron chi connectivity index (χ3n) is 5.03. The van der Waals surface area contributed by atoms with E-state index in [1.165, 1.54) is 22.7 Å². The van der Waals surface area contributed by atoms with Crippen LogP contribution in [0.5, 0.6) is 0 Å². The summed E-state index contributed by atoms with van der Waals surface area (Å²) in [5.41, 5.74) is 2.04. The van der Waals surface area contributed by atoms with Gasteiger partial charge in [0.15, 0.2) is 5.65 Å². The van der Waals surface area contributed by atoms with E-state index in [9.17, 15) is 22.8 Å². The molecule has 0 saturated heterocycles. The molecule has 0 radical (unpaired) electrons. The molecule has 1 aliphatic carbocycles. The smallest absolute Gasteiger partial charge is 0.384 e. The monoisotopic (exact) mass is 388 g/mol. The summed E-state index contributed by atoms with van der Waals surface area (Å²) in [6, 6.07) is 10.1. The molecule has 2 heterocycles. The molecule has 0 bridgehead atoms. The maximum atomic E-state index is 13.0. The maximum absolute atomic E-state index is 13.0. The quantitative estimate of drug-likeness (QED) is 0.647. The molecule has 1 saturated carbocycles. The normalized spacial score (nSPS) is 18.8. The highest BCUT2D eigenvalue weighted by Crippen LogP contribution is 2.47. The lowest BCUT2D eigenvalue weighted by atomic mass is 10.1. The Kier molecular flexibility index (Phi) is 4.46. The first kappa shape index (κ1) is 18.3. The zero-order valence-corrected chi connectivity index (χ0v) is 14.7. The summed E-state index contributed by atoms with van der Waals surface area (Å²) in [5, 5.41) is 12.7. The Hall–Kier alpha value is -3.08. The van der Waals surface area contributed by atoms with Crippen molar-refractivity contribution >= 4 is 11.3 Å². The third-order valence-corrected chi connectivity index (χ3v) is 5.03. The van der Waals surface area contributed by atoms with Crippen LogP contribution in [0.4, 0.5) is 23.2 Å². The van der Waals surface area contributed by atoms with E-state index >= 15 is 0 Å². The van der Waals surface area contributed by atoms with Gasteiger partial charge in [0, 0.05) is 18.9 Å². The predicted octanol–water partition coefficient (Wildman–Crippen LogP) is 4.67. The Labute approximate surface area is 158 Å². The van der Waals surface area contributed by atoms with Crippen molar-refractivity contribution in [3.8, 4) is 6.07 Å². The van der Waals surface area contributed by atoms with Crippen molar-refractivity contribution in [3.05, 3.63) is 65.4 Å². The summed E-state index contributed by atoms with van der Waals surface area (Å²) in [5.74, 6) is 0.427. The van der Waals surface area contributed by atoms with Gasteiger partial charge in [0.25, 0.3) is 0 Å². The lowest BCUT2D eigenvalue weighted by Crippen LogP contribution is -2.13. The number of nitrogens with one attached hydrogen (secondary N) is 1. The highest BCUT2D eigenvalue weighted by Gasteiger charge is 2.38. The van der Waals surface area contributed by atoms with Crippen LogP contribution in [0, 0.1) is 23.1 Å². The van der Waals surface area contributed by atoms with E-state index < -0.39 is 12.6 Å². The molecule has 144 valence electrons. The van der Waals surface area contributed by atoms with Crippen molar-refractivity contribution in [2.24, 2.45) is 5.92 Å². The van der Waals surface area contributed by atoms with Crippen LogP contribution >= 0.6 is 0 Å². The molecule has 1 fully saturated rings. The van der Waals surface area contributed by atoms with Crippen LogP contribution in [0.3, 0.4) is 0 Å². The van der Waals surface area contributed by atoms with Gasteiger partial charge >= 0.3 is 6.18 Å². The highest BCUT2D eigenvalue weighted by molar-refractivity contribution is 5.70. The number of fused-ring (bicyclic) bond motifs is 1. The van der Waals surface area contributed by atoms with Crippen LogP contribution in [0.15, 0.2) is 42.7 Å². The van der Waals surface area contributed by atoms with Gasteiger partial charge in [-0.05, 0) is 42.0 Å². The zero-order valence-electron chi connectivity index (χ0n) is 14.7. The minimum absolute atomic E-state index is 0.0101. The van der Waals surface area contributed by atoms with Crippen molar-refractivity contribution in [1.82, 2.24) is 9.38 Å². The van der Waals surface area contributed by atoms with E-state index in [4.69, 9.17) is 0 Å². The van der Waals surface area contributed by atoms with Crippen molar-refractivity contribution in [1.29, 1.82) is 5.26 Å². The maximum Gasteiger partial charge on any atom is 0.394 e. The highest BCUT2D eigenvalue weighted by atomic mass is 19.4. The van der Waals surface area contributed by atoms with Crippen LogP contribution in [0.2, 0.25) is 0 Å². The number of imidazole rings is 1. The fraction of sp³-hybridized carbons (Fsp3) is 0.300. The minimum atomic E-state index is -4.35. The summed E-state index contributed by atoms with van der Waals surface area (Å²) < 4.78 is 52.4. The second-order valence-electron chi connectivity index (χ2n) is 6.99. The summed E-state index contributed by atoms with van der Waals surface area (Å²) in [4.78, 5) is 4.01. The number of nitriles is 1. The second kappa shape index (κ2) is 6.82. The topological polar surface area (TPSA) is 53.1 Å². The van der Waals surface area contributed by atoms with Crippen LogP contribution in [0.25, 0.3) is 5.65 Å². The molecule has 2 aromatic heterocycles. The molecular formula is C20H16F4N4. The molecule has 0 amide bonds. The number of alkyl halides is 3. The fourth-order valence-corrected chi connectivity index (χ4v) is 3.53. The first-order chi connectivity index (χ1) is 13.4. The van der Waals surface area contributed by atoms with Gasteiger partial charge in [-0.3, -0.25) is 0 Å². The van der Waals surface area contributed by atoms with E-state index in [1.807, 2.05) is 6.07 Å². The Morgan fingerprint density at radius 1 is 1.21 bits per heavy atom. The van der Waals surface area contributed by atoms with Gasteiger partial charge in [0.05, 0.1) is 17.8 Å². The van der Waals surface area contributed by atoms with Gasteiger partial charge in [0.2, 0.25) is 0 Å². The molecule has 1 aliphatic rings. The van der Waals surface area contributed by atoms with Crippen molar-refractivity contribution in [2.75, 3.05) is 11.9 Å². The lowest BCUT2D eigenvalue weighted by molar-refractivity contribution is -0.127. The van der Waals surface area contributed by atoms with E-state index in [0.717, 1.165) is 18.2 Å². The lowest BCUT2D eigenvalue weighted by Gasteiger charge is -2.11. The number of hydrogen-bond acceptors (Lipinski definition) is 3. The van der Waals surface area contributed by atoms with Crippen LogP contribution < -0.4 is 5.32 Å². The van der Waals surface area contributed by atoms with Gasteiger partial charge in [-0.1, -0.05) is 12.1 Å². The number of aromatic nitrogens is 2. The van der Waals surface area contributed by atoms with E-state index in [1.54, 1.807) is 18.2 Å². The molecule has 2 unspecified atom stereocenters. The van der Waals surface area contributed by atoms with Gasteiger partial charge in [-0.25, -0.2) is 9.37 Å². The number of halogens is 4. The number of rotatable bonds is 5. The molecule has 0 aliphatic heterocycles. The Bertz CT molecular complexity index is 1050. The molecule has 2 atom stereocenters. The summed E-state index contributed by atoms with van der Waals surface area (Å²) in [7, 11) is 0. The SMILES string of the molecule is N#Cc1c(NCC2CC2c2ccc(F)cc2)ccn2c(CC(F)(F)F)cnc12. The molecule has 0 spiro atoms. The predicted molar refractivity (Wildman–Crippen MR) is 95.4 cm³/mol. The molecule has 4 rings (SSSR count). The summed E-state index contributed by atoms with van der Waals surface area (Å²) in [6.07, 6.45) is -1.84. The number of nitrogens with zero attached hydrogens (tertiary/aromatic N) is 3. The number of anilines is 1. The Balaban J connectivity index is 1.49. The molecule has 4 nitrogen and oxygen atoms in total. The largest absolute Gasteiger partial charge is 0.394 e. The van der Waals surface area contributed by atoms with Gasteiger partial charge in [-0.15, -0.1) is 0 Å². The van der Waals surface area contributed by atoms with E-state index in [-0.39, 0.29) is 22.7 Å². The number of benzene rings is 1. The summed E-state index contributed by atoms with van der Waals surface area (Å²) >= 11 is 0. The Morgan fingerprint density at radius 2 is 1.96 bits per heavy atom. The zero-order chi connectivity index (χ0) is 19.9. The van der Waals surface area contributed by atoms with Gasteiger partial charge < -0.3 is 9.72 Å². The van der Waals surface area contributed by atoms with Gasteiger partial charge in [-0.2, -0.15) is 18.4 Å². The van der Waals surface area contributed by atoms with Crippen LogP contribution in [-0.4, -0.2) is 22.1 Å². The van der Waals surface area contributed by atoms with Crippen LogP contribution in [0.1, 0.15) is 29.2 Å². The first-order valence-corrected chi connectivity index (χ1v) is 8.81. The van der Waals surface area contributed by atoms with E-state index in [2.05, 4.69) is 10.3 Å². The Morgan fingerprint density at radius 3 is 2.64 bits per heavy atom. The van der Waals surface area contributed by atoms with Gasteiger partial charge in [0.1, 0.15) is 17.4 Å². The fourth-order valence-electron chi connectivity index (χ4n) is 3.53. The first-order valence-electron chi connectivity index (χ1n) is 8.81. The number of hydrogen-bond donors (Lipinski definition) is 1. The molecule has 8 heteroatoms. The van der Waals surface area contributed by atoms with Crippen molar-refractivity contribution in [3.63, 3.8) is 0 Å². The minimum Gasteiger partial charge on any atom is -0.384 e. The number of pyridine rings is 1. The standard InChI is InChI=1S/C20H16F4N4/c21-14-3-1-12(2-4-14)16-7-13(16)10-26-18-5-6-28-15(8-20(22,23)24)11-27-19(28)17(18)9-25/h1-6,11,13,16,26H,7-8,10H2. The molecule has 28 heavy (non-hydrogen) atoms. The molecular weight excluding hydrogens is 372 g/mol. The van der Waals surface area contributed by atoms with Crippen molar-refractivity contribution < 1.29 is 17.6 Å². The molecule has 1 N–H and O–H groups in total. The molecule has 1 aromatic carbocycles. The van der Waals surface area contributed by atoms with Crippen molar-refractivity contribution in [2.45, 2.75) is 24.9 Å². The third kappa shape index (κ3) is 3.65. The van der Waals surface area contributed by atoms with E-state index in [0.29, 0.717) is 24.1 Å². The second-order valence-corrected chi connectivity index (χ2v) is 6.99.